The maximum atomic E-state index is 12.6. The zero-order chi connectivity index (χ0) is 13.5. The van der Waals surface area contributed by atoms with Crippen LogP contribution in [0.1, 0.15) is 18.5 Å². The molecular weight excluding hydrogens is 257 g/mol. The maximum absolute atomic E-state index is 12.6. The van der Waals surface area contributed by atoms with Crippen molar-refractivity contribution in [3.8, 4) is 0 Å². The molecular formula is C12H15F3N4. The molecule has 2 fully saturated rings. The van der Waals surface area contributed by atoms with Gasteiger partial charge in [-0.25, -0.2) is 9.97 Å². The maximum Gasteiger partial charge on any atom is 0.433 e. The van der Waals surface area contributed by atoms with E-state index in [0.717, 1.165) is 32.0 Å². The van der Waals surface area contributed by atoms with Gasteiger partial charge in [0.25, 0.3) is 0 Å². The summed E-state index contributed by atoms with van der Waals surface area (Å²) in [5.74, 6) is 0.687. The van der Waals surface area contributed by atoms with E-state index in [4.69, 9.17) is 0 Å². The zero-order valence-corrected chi connectivity index (χ0v) is 10.3. The first kappa shape index (κ1) is 12.7. The van der Waals surface area contributed by atoms with Crippen molar-refractivity contribution in [3.63, 3.8) is 0 Å². The molecule has 3 heterocycles. The van der Waals surface area contributed by atoms with Crippen molar-refractivity contribution >= 4 is 5.95 Å². The van der Waals surface area contributed by atoms with E-state index in [9.17, 15) is 13.2 Å². The molecule has 4 nitrogen and oxygen atoms in total. The van der Waals surface area contributed by atoms with Gasteiger partial charge in [-0.1, -0.05) is 0 Å². The lowest BCUT2D eigenvalue weighted by Crippen LogP contribution is -2.45. The molecule has 0 saturated carbocycles. The van der Waals surface area contributed by atoms with Gasteiger partial charge in [0.05, 0.1) is 0 Å². The molecule has 0 aromatic carbocycles. The number of rotatable bonds is 1. The van der Waals surface area contributed by atoms with E-state index in [0.29, 0.717) is 18.5 Å². The fraction of sp³-hybridized carbons (Fsp3) is 0.667. The van der Waals surface area contributed by atoms with Gasteiger partial charge in [0.2, 0.25) is 5.95 Å². The molecule has 1 aromatic rings. The van der Waals surface area contributed by atoms with E-state index < -0.39 is 11.9 Å². The molecule has 1 N–H and O–H groups in total. The van der Waals surface area contributed by atoms with Gasteiger partial charge in [-0.2, -0.15) is 13.2 Å². The minimum absolute atomic E-state index is 0.195. The molecule has 0 radical (unpaired) electrons. The van der Waals surface area contributed by atoms with Crippen LogP contribution in [0.4, 0.5) is 19.1 Å². The Hall–Kier alpha value is -1.37. The SMILES string of the molecule is FC(F)(F)c1ccnc(N2CCC3NCCC3C2)n1. The normalized spacial score (nSPS) is 27.4. The van der Waals surface area contributed by atoms with Crippen LogP contribution in [-0.2, 0) is 6.18 Å². The van der Waals surface area contributed by atoms with Gasteiger partial charge in [0, 0.05) is 25.3 Å². The highest BCUT2D eigenvalue weighted by atomic mass is 19.4. The summed E-state index contributed by atoms with van der Waals surface area (Å²) in [5.41, 5.74) is -0.871. The van der Waals surface area contributed by atoms with E-state index in [1.807, 2.05) is 4.90 Å². The second-order valence-electron chi connectivity index (χ2n) is 5.08. The number of aromatic nitrogens is 2. The monoisotopic (exact) mass is 272 g/mol. The van der Waals surface area contributed by atoms with Gasteiger partial charge in [0.1, 0.15) is 5.69 Å². The molecule has 104 valence electrons. The van der Waals surface area contributed by atoms with Gasteiger partial charge in [-0.3, -0.25) is 0 Å². The van der Waals surface area contributed by atoms with Gasteiger partial charge < -0.3 is 10.2 Å². The standard InChI is InChI=1S/C12H15F3N4/c13-12(14,15)10-2-5-17-11(18-10)19-6-3-9-8(7-19)1-4-16-9/h2,5,8-9,16H,1,3-4,6-7H2. The summed E-state index contributed by atoms with van der Waals surface area (Å²) < 4.78 is 37.9. The lowest BCUT2D eigenvalue weighted by atomic mass is 9.94. The molecule has 3 rings (SSSR count). The third kappa shape index (κ3) is 2.51. The number of hydrogen-bond donors (Lipinski definition) is 1. The Bertz CT molecular complexity index is 463. The van der Waals surface area contributed by atoms with Crippen molar-refractivity contribution in [1.29, 1.82) is 0 Å². The molecule has 7 heteroatoms. The first-order valence-corrected chi connectivity index (χ1v) is 6.42. The van der Waals surface area contributed by atoms with E-state index in [1.165, 1.54) is 6.20 Å². The van der Waals surface area contributed by atoms with Crippen LogP contribution >= 0.6 is 0 Å². The van der Waals surface area contributed by atoms with Gasteiger partial charge in [-0.05, 0) is 31.4 Å². The van der Waals surface area contributed by atoms with Crippen molar-refractivity contribution < 1.29 is 13.2 Å². The highest BCUT2D eigenvalue weighted by Gasteiger charge is 2.36. The van der Waals surface area contributed by atoms with Gasteiger partial charge in [-0.15, -0.1) is 0 Å². The predicted molar refractivity (Wildman–Crippen MR) is 63.8 cm³/mol. The van der Waals surface area contributed by atoms with Crippen molar-refractivity contribution in [1.82, 2.24) is 15.3 Å². The molecule has 2 unspecified atom stereocenters. The van der Waals surface area contributed by atoms with Gasteiger partial charge >= 0.3 is 6.18 Å². The topological polar surface area (TPSA) is 41.1 Å². The number of nitrogens with zero attached hydrogens (tertiary/aromatic N) is 3. The van der Waals surface area contributed by atoms with Crippen LogP contribution in [0.5, 0.6) is 0 Å². The first-order chi connectivity index (χ1) is 9.04. The van der Waals surface area contributed by atoms with E-state index in [1.54, 1.807) is 0 Å². The second kappa shape index (κ2) is 4.63. The summed E-state index contributed by atoms with van der Waals surface area (Å²) >= 11 is 0. The van der Waals surface area contributed by atoms with E-state index in [-0.39, 0.29) is 5.95 Å². The number of nitrogens with one attached hydrogen (secondary N) is 1. The minimum Gasteiger partial charge on any atom is -0.340 e. The summed E-state index contributed by atoms with van der Waals surface area (Å²) in [7, 11) is 0. The Balaban J connectivity index is 1.79. The van der Waals surface area contributed by atoms with Crippen LogP contribution in [0.2, 0.25) is 0 Å². The Labute approximate surface area is 109 Å². The first-order valence-electron chi connectivity index (χ1n) is 6.42. The molecule has 0 amide bonds. The number of alkyl halides is 3. The predicted octanol–water partition coefficient (Wildman–Crippen LogP) is 1.68. The third-order valence-corrected chi connectivity index (χ3v) is 3.87. The largest absolute Gasteiger partial charge is 0.433 e. The van der Waals surface area contributed by atoms with Crippen molar-refractivity contribution in [2.24, 2.45) is 5.92 Å². The average molecular weight is 272 g/mol. The molecule has 1 aromatic heterocycles. The van der Waals surface area contributed by atoms with Crippen molar-refractivity contribution in [2.75, 3.05) is 24.5 Å². The number of halogens is 3. The Morgan fingerprint density at radius 3 is 2.95 bits per heavy atom. The molecule has 0 bridgehead atoms. The Morgan fingerprint density at radius 1 is 1.32 bits per heavy atom. The van der Waals surface area contributed by atoms with Crippen molar-refractivity contribution in [2.45, 2.75) is 25.1 Å². The summed E-state index contributed by atoms with van der Waals surface area (Å²) in [6, 6.07) is 1.41. The molecule has 2 saturated heterocycles. The average Bonchev–Trinajstić information content (AvgIpc) is 2.85. The smallest absolute Gasteiger partial charge is 0.340 e. The summed E-state index contributed by atoms with van der Waals surface area (Å²) in [6.07, 6.45) is -1.22. The zero-order valence-electron chi connectivity index (χ0n) is 10.3. The number of piperidine rings is 1. The minimum atomic E-state index is -4.41. The number of anilines is 1. The second-order valence-corrected chi connectivity index (χ2v) is 5.08. The van der Waals surface area contributed by atoms with Crippen LogP contribution in [0.25, 0.3) is 0 Å². The van der Waals surface area contributed by atoms with E-state index in [2.05, 4.69) is 15.3 Å². The third-order valence-electron chi connectivity index (χ3n) is 3.87. The highest BCUT2D eigenvalue weighted by molar-refractivity contribution is 5.32. The summed E-state index contributed by atoms with van der Waals surface area (Å²) in [5, 5.41) is 3.42. The summed E-state index contributed by atoms with van der Waals surface area (Å²) in [6.45, 7) is 2.43. The fourth-order valence-electron chi connectivity index (χ4n) is 2.89. The quantitative estimate of drug-likeness (QED) is 0.844. The van der Waals surface area contributed by atoms with Crippen LogP contribution in [0.15, 0.2) is 12.3 Å². The van der Waals surface area contributed by atoms with Gasteiger partial charge in [0.15, 0.2) is 0 Å². The Morgan fingerprint density at radius 2 is 2.16 bits per heavy atom. The highest BCUT2D eigenvalue weighted by Crippen LogP contribution is 2.30. The fourth-order valence-corrected chi connectivity index (χ4v) is 2.89. The number of hydrogen-bond acceptors (Lipinski definition) is 4. The Kier molecular flexibility index (Phi) is 3.08. The van der Waals surface area contributed by atoms with Crippen LogP contribution in [0.3, 0.4) is 0 Å². The van der Waals surface area contributed by atoms with Crippen LogP contribution in [-0.4, -0.2) is 35.6 Å². The number of fused-ring (bicyclic) bond motifs is 1. The molecule has 2 aliphatic rings. The lowest BCUT2D eigenvalue weighted by molar-refractivity contribution is -0.141. The molecule has 2 atom stereocenters. The van der Waals surface area contributed by atoms with E-state index >= 15 is 0 Å². The molecule has 0 aliphatic carbocycles. The summed E-state index contributed by atoms with van der Waals surface area (Å²) in [4.78, 5) is 9.50. The molecule has 0 spiro atoms. The van der Waals surface area contributed by atoms with Crippen molar-refractivity contribution in [3.05, 3.63) is 18.0 Å². The lowest BCUT2D eigenvalue weighted by Gasteiger charge is -2.34. The molecule has 2 aliphatic heterocycles. The van der Waals surface area contributed by atoms with Crippen LogP contribution < -0.4 is 10.2 Å². The van der Waals surface area contributed by atoms with Crippen LogP contribution in [0, 0.1) is 5.92 Å². The molecule has 19 heavy (non-hydrogen) atoms.